The van der Waals surface area contributed by atoms with Crippen LogP contribution in [-0.2, 0) is 0 Å². The molecule has 0 aliphatic rings. The molecule has 70 valence electrons. The quantitative estimate of drug-likeness (QED) is 0.799. The first-order chi connectivity index (χ1) is 6.86. The molecule has 0 saturated heterocycles. The van der Waals surface area contributed by atoms with Gasteiger partial charge in [0.2, 0.25) is 0 Å². The summed E-state index contributed by atoms with van der Waals surface area (Å²) in [5, 5.41) is 2.07. The highest BCUT2D eigenvalue weighted by molar-refractivity contribution is 9.15. The molecule has 0 aliphatic carbocycles. The Morgan fingerprint density at radius 2 is 2.07 bits per heavy atom. The second-order valence-corrected chi connectivity index (χ2v) is 4.55. The van der Waals surface area contributed by atoms with Gasteiger partial charge in [-0.1, -0.05) is 6.07 Å². The molecule has 0 aliphatic heterocycles. The molecule has 0 atom stereocenters. The van der Waals surface area contributed by atoms with Gasteiger partial charge in [0, 0.05) is 21.8 Å². The zero-order valence-corrected chi connectivity index (χ0v) is 9.75. The maximum atomic E-state index is 3.97. The van der Waals surface area contributed by atoms with E-state index in [0.717, 1.165) is 10.0 Å². The molecule has 0 aromatic carbocycles. The zero-order chi connectivity index (χ0) is 9.80. The van der Waals surface area contributed by atoms with Gasteiger partial charge in [-0.3, -0.25) is 4.98 Å². The molecule has 2 heterocycles. The Morgan fingerprint density at radius 3 is 2.71 bits per heavy atom. The summed E-state index contributed by atoms with van der Waals surface area (Å²) < 4.78 is 1.11. The van der Waals surface area contributed by atoms with Crippen molar-refractivity contribution in [3.8, 4) is 0 Å². The lowest BCUT2D eigenvalue weighted by Gasteiger charge is -1.95. The molecule has 2 rings (SSSR count). The first-order valence-corrected chi connectivity index (χ1v) is 5.84. The summed E-state index contributed by atoms with van der Waals surface area (Å²) in [5.41, 5.74) is 1.15. The van der Waals surface area contributed by atoms with Crippen molar-refractivity contribution in [2.24, 2.45) is 0 Å². The molecule has 1 nitrogen and oxygen atoms in total. The van der Waals surface area contributed by atoms with E-state index in [0.29, 0.717) is 0 Å². The van der Waals surface area contributed by atoms with Crippen molar-refractivity contribution >= 4 is 37.8 Å². The van der Waals surface area contributed by atoms with E-state index in [2.05, 4.69) is 38.4 Å². The van der Waals surface area contributed by atoms with Gasteiger partial charge in [0.1, 0.15) is 0 Å². The molecule has 0 bridgehead atoms. The van der Waals surface area contributed by atoms with Crippen LogP contribution in [0.15, 0.2) is 42.0 Å². The lowest BCUT2D eigenvalue weighted by Crippen LogP contribution is -1.73. The maximum Gasteiger partial charge on any atom is 0.0412 e. The average Bonchev–Trinajstić information content (AvgIpc) is 2.72. The van der Waals surface area contributed by atoms with Crippen LogP contribution in [0.1, 0.15) is 10.4 Å². The first-order valence-electron chi connectivity index (χ1n) is 4.17. The molecule has 14 heavy (non-hydrogen) atoms. The van der Waals surface area contributed by atoms with Gasteiger partial charge >= 0.3 is 0 Å². The SMILES string of the molecule is BrC(=Cc1ccncc1)c1cccs1. The highest BCUT2D eigenvalue weighted by Gasteiger charge is 1.97. The average molecular weight is 266 g/mol. The van der Waals surface area contributed by atoms with E-state index in [4.69, 9.17) is 0 Å². The van der Waals surface area contributed by atoms with Gasteiger partial charge in [0.05, 0.1) is 0 Å². The van der Waals surface area contributed by atoms with E-state index in [9.17, 15) is 0 Å². The smallest absolute Gasteiger partial charge is 0.0412 e. The van der Waals surface area contributed by atoms with Crippen LogP contribution < -0.4 is 0 Å². The molecule has 2 aromatic rings. The van der Waals surface area contributed by atoms with Gasteiger partial charge in [0.15, 0.2) is 0 Å². The van der Waals surface area contributed by atoms with E-state index in [-0.39, 0.29) is 0 Å². The number of halogens is 1. The minimum Gasteiger partial charge on any atom is -0.265 e. The minimum absolute atomic E-state index is 1.11. The zero-order valence-electron chi connectivity index (χ0n) is 7.35. The Balaban J connectivity index is 2.28. The number of rotatable bonds is 2. The predicted molar refractivity (Wildman–Crippen MR) is 65.4 cm³/mol. The number of thiophene rings is 1. The Hall–Kier alpha value is -0.930. The van der Waals surface area contributed by atoms with Crippen LogP contribution in [0.5, 0.6) is 0 Å². The summed E-state index contributed by atoms with van der Waals surface area (Å²) in [6.45, 7) is 0. The highest BCUT2D eigenvalue weighted by Crippen LogP contribution is 2.27. The Bertz CT molecular complexity index is 420. The van der Waals surface area contributed by atoms with Crippen molar-refractivity contribution in [3.05, 3.63) is 52.5 Å². The lowest BCUT2D eigenvalue weighted by atomic mass is 10.2. The van der Waals surface area contributed by atoms with Crippen molar-refractivity contribution in [1.29, 1.82) is 0 Å². The second-order valence-electron chi connectivity index (χ2n) is 2.75. The fraction of sp³-hybridized carbons (Fsp3) is 0. The third-order valence-corrected chi connectivity index (χ3v) is 3.58. The Morgan fingerprint density at radius 1 is 1.29 bits per heavy atom. The summed E-state index contributed by atoms with van der Waals surface area (Å²) in [6.07, 6.45) is 5.68. The van der Waals surface area contributed by atoms with Crippen LogP contribution in [0.25, 0.3) is 10.6 Å². The highest BCUT2D eigenvalue weighted by atomic mass is 79.9. The summed E-state index contributed by atoms with van der Waals surface area (Å²) in [5.74, 6) is 0. The van der Waals surface area contributed by atoms with Crippen LogP contribution in [0.4, 0.5) is 0 Å². The standard InChI is InChI=1S/C11H8BrNS/c12-10(11-2-1-7-14-11)8-9-3-5-13-6-4-9/h1-8H. The number of hydrogen-bond donors (Lipinski definition) is 0. The number of aromatic nitrogens is 1. The number of pyridine rings is 1. The van der Waals surface area contributed by atoms with Crippen molar-refractivity contribution in [2.75, 3.05) is 0 Å². The predicted octanol–water partition coefficient (Wildman–Crippen LogP) is 4.04. The van der Waals surface area contributed by atoms with Crippen molar-refractivity contribution in [2.45, 2.75) is 0 Å². The van der Waals surface area contributed by atoms with Crippen LogP contribution in [0.2, 0.25) is 0 Å². The van der Waals surface area contributed by atoms with Crippen LogP contribution in [0, 0.1) is 0 Å². The Kier molecular flexibility index (Phi) is 3.11. The van der Waals surface area contributed by atoms with Gasteiger partial charge in [-0.05, 0) is 51.1 Å². The molecule has 3 heteroatoms. The second kappa shape index (κ2) is 4.53. The lowest BCUT2D eigenvalue weighted by molar-refractivity contribution is 1.32. The van der Waals surface area contributed by atoms with E-state index in [1.165, 1.54) is 4.88 Å². The third-order valence-electron chi connectivity index (χ3n) is 1.76. The molecule has 0 amide bonds. The van der Waals surface area contributed by atoms with Crippen molar-refractivity contribution in [3.63, 3.8) is 0 Å². The summed E-state index contributed by atoms with van der Waals surface area (Å²) in [7, 11) is 0. The number of hydrogen-bond acceptors (Lipinski definition) is 2. The van der Waals surface area contributed by atoms with Crippen LogP contribution in [-0.4, -0.2) is 4.98 Å². The summed E-state index contributed by atoms with van der Waals surface area (Å²) in [6, 6.07) is 8.10. The van der Waals surface area contributed by atoms with Gasteiger partial charge in [-0.15, -0.1) is 11.3 Å². The summed E-state index contributed by atoms with van der Waals surface area (Å²) >= 11 is 5.27. The monoisotopic (exact) mass is 265 g/mol. The Labute approximate surface area is 95.3 Å². The fourth-order valence-electron chi connectivity index (χ4n) is 1.09. The molecular weight excluding hydrogens is 258 g/mol. The minimum atomic E-state index is 1.11. The van der Waals surface area contributed by atoms with Crippen molar-refractivity contribution in [1.82, 2.24) is 4.98 Å². The molecule has 0 spiro atoms. The van der Waals surface area contributed by atoms with Gasteiger partial charge in [0.25, 0.3) is 0 Å². The molecule has 0 radical (unpaired) electrons. The van der Waals surface area contributed by atoms with Gasteiger partial charge in [-0.2, -0.15) is 0 Å². The van der Waals surface area contributed by atoms with E-state index >= 15 is 0 Å². The molecular formula is C11H8BrNS. The molecule has 0 saturated carbocycles. The fourth-order valence-corrected chi connectivity index (χ4v) is 2.40. The molecule has 0 N–H and O–H groups in total. The third kappa shape index (κ3) is 2.30. The maximum absolute atomic E-state index is 3.97. The van der Waals surface area contributed by atoms with E-state index in [1.807, 2.05) is 18.2 Å². The first kappa shape index (κ1) is 9.62. The number of nitrogens with zero attached hydrogens (tertiary/aromatic N) is 1. The topological polar surface area (TPSA) is 12.9 Å². The van der Waals surface area contributed by atoms with Gasteiger partial charge in [-0.25, -0.2) is 0 Å². The van der Waals surface area contributed by atoms with Crippen LogP contribution in [0.3, 0.4) is 0 Å². The van der Waals surface area contributed by atoms with Gasteiger partial charge < -0.3 is 0 Å². The normalized spacial score (nSPS) is 11.6. The van der Waals surface area contributed by atoms with Crippen molar-refractivity contribution < 1.29 is 0 Å². The molecule has 0 fully saturated rings. The van der Waals surface area contributed by atoms with E-state index in [1.54, 1.807) is 23.7 Å². The van der Waals surface area contributed by atoms with Crippen LogP contribution >= 0.6 is 27.3 Å². The van der Waals surface area contributed by atoms with E-state index < -0.39 is 0 Å². The largest absolute Gasteiger partial charge is 0.265 e. The molecule has 2 aromatic heterocycles. The summed E-state index contributed by atoms with van der Waals surface area (Å²) in [4.78, 5) is 5.21. The molecule has 0 unspecified atom stereocenters.